The smallest absolute Gasteiger partial charge is 0.344 e. The highest BCUT2D eigenvalue weighted by Crippen LogP contribution is 2.68. The highest BCUT2D eigenvalue weighted by atomic mass is 16.6. The number of methoxy groups -OCH3 is 3. The van der Waals surface area contributed by atoms with Crippen LogP contribution in [0.4, 0.5) is 5.69 Å². The van der Waals surface area contributed by atoms with E-state index in [0.29, 0.717) is 99.5 Å². The molecule has 10 atom stereocenters. The maximum Gasteiger partial charge on any atom is 0.344 e. The average Bonchev–Trinajstić information content (AvgIpc) is 3.92. The molecule has 1 saturated carbocycles. The number of carbonyl (C=O) groups is 4. The summed E-state index contributed by atoms with van der Waals surface area (Å²) in [7, 11) is 4.11. The lowest BCUT2D eigenvalue weighted by molar-refractivity contribution is -0.228. The van der Waals surface area contributed by atoms with Crippen LogP contribution in [0.5, 0.6) is 5.75 Å². The van der Waals surface area contributed by atoms with Gasteiger partial charge in [-0.1, -0.05) is 26.0 Å². The minimum Gasteiger partial charge on any atom is -0.496 e. The van der Waals surface area contributed by atoms with Gasteiger partial charge >= 0.3 is 17.9 Å². The van der Waals surface area contributed by atoms with E-state index in [2.05, 4.69) is 40.8 Å². The number of piperidine rings is 1. The van der Waals surface area contributed by atoms with Gasteiger partial charge in [-0.05, 0) is 105 Å². The summed E-state index contributed by atoms with van der Waals surface area (Å²) in [6.45, 7) is 12.3. The van der Waals surface area contributed by atoms with Gasteiger partial charge in [-0.15, -0.1) is 0 Å². The molecule has 3 aromatic rings. The van der Waals surface area contributed by atoms with E-state index >= 15 is 4.79 Å². The number of aliphatic hydroxyl groups is 2. The molecule has 332 valence electrons. The van der Waals surface area contributed by atoms with Crippen molar-refractivity contribution in [3.63, 3.8) is 0 Å². The minimum atomic E-state index is -2.54. The van der Waals surface area contributed by atoms with Gasteiger partial charge in [0.2, 0.25) is 12.0 Å². The normalized spacial score (nSPS) is 35.7. The van der Waals surface area contributed by atoms with Gasteiger partial charge in [0.1, 0.15) is 11.2 Å². The van der Waals surface area contributed by atoms with Crippen LogP contribution in [0.2, 0.25) is 0 Å². The number of hydrogen-bond acceptors (Lipinski definition) is 12. The third kappa shape index (κ3) is 5.48. The largest absolute Gasteiger partial charge is 0.496 e. The Morgan fingerprint density at radius 3 is 2.34 bits per heavy atom. The third-order valence-corrected chi connectivity index (χ3v) is 16.2. The van der Waals surface area contributed by atoms with Gasteiger partial charge in [0.25, 0.3) is 0 Å². The Hall–Kier alpha value is -4.76. The van der Waals surface area contributed by atoms with Crippen molar-refractivity contribution in [1.29, 1.82) is 0 Å². The number of nitrogens with one attached hydrogen (secondary N) is 1. The minimum absolute atomic E-state index is 0.161. The maximum atomic E-state index is 15.5. The van der Waals surface area contributed by atoms with Crippen molar-refractivity contribution >= 4 is 40.9 Å². The Morgan fingerprint density at radius 1 is 0.935 bits per heavy atom. The lowest BCUT2D eigenvalue weighted by Gasteiger charge is -2.63. The number of aromatic nitrogens is 1. The molecule has 1 aliphatic carbocycles. The number of fused-ring (bicyclic) bond motifs is 6. The highest BCUT2D eigenvalue weighted by Gasteiger charge is 2.81. The van der Waals surface area contributed by atoms with E-state index in [4.69, 9.17) is 18.9 Å². The second kappa shape index (κ2) is 14.6. The molecule has 14 heteroatoms. The number of hydrogen-bond donors (Lipinski definition) is 3. The summed E-state index contributed by atoms with van der Waals surface area (Å²) in [6.07, 6.45) is 5.83. The number of amides is 1. The number of aryl methyl sites for hydroxylation is 2. The number of ether oxygens (including phenoxy) is 4. The van der Waals surface area contributed by atoms with Crippen molar-refractivity contribution < 1.29 is 48.3 Å². The van der Waals surface area contributed by atoms with Crippen molar-refractivity contribution in [2.24, 2.45) is 11.3 Å². The Balaban J connectivity index is 1.39. The van der Waals surface area contributed by atoms with Crippen LogP contribution in [0.1, 0.15) is 86.4 Å². The zero-order valence-corrected chi connectivity index (χ0v) is 37.1. The van der Waals surface area contributed by atoms with Crippen LogP contribution in [-0.2, 0) is 50.6 Å². The summed E-state index contributed by atoms with van der Waals surface area (Å²) >= 11 is 0. The number of benzene rings is 2. The van der Waals surface area contributed by atoms with Gasteiger partial charge in [-0.3, -0.25) is 24.2 Å². The molecule has 2 unspecified atom stereocenters. The van der Waals surface area contributed by atoms with Crippen LogP contribution < -0.4 is 9.64 Å². The molecule has 2 bridgehead atoms. The molecule has 3 N–H and O–H groups in total. The Morgan fingerprint density at radius 2 is 1.68 bits per heavy atom. The van der Waals surface area contributed by atoms with E-state index in [9.17, 15) is 24.6 Å². The van der Waals surface area contributed by atoms with E-state index in [-0.39, 0.29) is 12.3 Å². The molecular weight excluding hydrogens is 793 g/mol. The number of H-pyrrole nitrogens is 1. The van der Waals surface area contributed by atoms with Crippen LogP contribution in [0.15, 0.2) is 36.4 Å². The molecule has 6 heterocycles. The Bertz CT molecular complexity index is 2410. The molecule has 5 aliphatic heterocycles. The van der Waals surface area contributed by atoms with Crippen LogP contribution in [-0.4, -0.2) is 133 Å². The fraction of sp³-hybridized carbons (Fsp3) is 0.583. The molecular formula is C48H60N4O10. The predicted molar refractivity (Wildman–Crippen MR) is 230 cm³/mol. The monoisotopic (exact) mass is 852 g/mol. The quantitative estimate of drug-likeness (QED) is 0.128. The lowest BCUT2D eigenvalue weighted by Crippen LogP contribution is -2.81. The van der Waals surface area contributed by atoms with Gasteiger partial charge in [-0.25, -0.2) is 4.79 Å². The van der Waals surface area contributed by atoms with E-state index in [1.807, 2.05) is 32.1 Å². The van der Waals surface area contributed by atoms with Crippen LogP contribution >= 0.6 is 0 Å². The molecule has 6 aliphatic rings. The average molecular weight is 853 g/mol. The second-order valence-corrected chi connectivity index (χ2v) is 19.0. The highest BCUT2D eigenvalue weighted by molar-refractivity contribution is 5.97. The maximum absolute atomic E-state index is 15.5. The van der Waals surface area contributed by atoms with E-state index < -0.39 is 63.5 Å². The summed E-state index contributed by atoms with van der Waals surface area (Å²) in [5, 5.41) is 26.4. The number of carbonyl (C=O) groups excluding carboxylic acids is 4. The van der Waals surface area contributed by atoms with E-state index in [1.165, 1.54) is 33.2 Å². The molecule has 2 saturated heterocycles. The zero-order valence-electron chi connectivity index (χ0n) is 37.1. The first-order valence-electron chi connectivity index (χ1n) is 22.1. The molecule has 2 aromatic carbocycles. The summed E-state index contributed by atoms with van der Waals surface area (Å²) in [5.41, 5.74) is -0.916. The zero-order chi connectivity index (χ0) is 44.3. The molecule has 0 radical (unpaired) electrons. The summed E-state index contributed by atoms with van der Waals surface area (Å²) in [5.74, 6) is -2.06. The third-order valence-electron chi connectivity index (χ3n) is 16.2. The molecule has 14 nitrogen and oxygen atoms in total. The van der Waals surface area contributed by atoms with Crippen molar-refractivity contribution in [1.82, 2.24) is 14.8 Å². The fourth-order valence-electron chi connectivity index (χ4n) is 13.7. The van der Waals surface area contributed by atoms with Crippen LogP contribution in [0.25, 0.3) is 10.9 Å². The van der Waals surface area contributed by atoms with Crippen LogP contribution in [0, 0.1) is 25.2 Å². The lowest BCUT2D eigenvalue weighted by atomic mass is 9.47. The van der Waals surface area contributed by atoms with Crippen LogP contribution in [0.3, 0.4) is 0 Å². The standard InChI is InChI=1S/C48H60N4O10/c1-9-44(57)22-30-23-47(42(55)60-7,38-31(12-16-50(24-30)25-44)32-18-27(3)28(4)19-35(32)49-38)34-20-33-36(21-37(34)59-6)52(26-53)40-46(33)14-17-51-15-11-13-45(10-2,39(46)51)41(62-29(5)54)48(40,58)43(56)61-8/h11,13,18-21,26,30,39-41,49,57-58H,9-10,12,14-17,22-25H2,1-8H3/t30-,39+,40?,41-,44+,45-,46-,47+,48+/m1/s1. The first kappa shape index (κ1) is 42.5. The van der Waals surface area contributed by atoms with Crippen molar-refractivity contribution in [2.45, 2.75) is 113 Å². The van der Waals surface area contributed by atoms with Gasteiger partial charge in [0.05, 0.1) is 38.7 Å². The van der Waals surface area contributed by atoms with E-state index in [1.54, 1.807) is 6.07 Å². The fourth-order valence-corrected chi connectivity index (χ4v) is 13.7. The predicted octanol–water partition coefficient (Wildman–Crippen LogP) is 4.13. The van der Waals surface area contributed by atoms with Crippen molar-refractivity contribution in [3.8, 4) is 5.75 Å². The molecule has 3 fully saturated rings. The Labute approximate surface area is 362 Å². The number of anilines is 1. The second-order valence-electron chi connectivity index (χ2n) is 19.0. The topological polar surface area (TPSA) is 171 Å². The summed E-state index contributed by atoms with van der Waals surface area (Å²) in [6, 6.07) is 6.28. The molecule has 9 rings (SSSR count). The van der Waals surface area contributed by atoms with Gasteiger partial charge in [0.15, 0.2) is 6.10 Å². The summed E-state index contributed by atoms with van der Waals surface area (Å²) in [4.78, 5) is 66.5. The number of rotatable bonds is 8. The van der Waals surface area contributed by atoms with Crippen molar-refractivity contribution in [3.05, 3.63) is 69.9 Å². The van der Waals surface area contributed by atoms with E-state index in [0.717, 1.165) is 27.6 Å². The van der Waals surface area contributed by atoms with Gasteiger partial charge in [0, 0.05) is 78.2 Å². The SMILES string of the molecule is CC[C@]1(O)C[C@H]2CN(CCc3c([nH]c4cc(C)c(C)cc34)[C@@](C(=O)OC)(c3cc4c(cc3OC)N(C=O)C3[C@]45CCN4CC=C[C@@](CC)([C@@H](OC(C)=O)[C@]3(O)C(=O)OC)[C@H]45)C2)C1. The Kier molecular flexibility index (Phi) is 10.0. The summed E-state index contributed by atoms with van der Waals surface area (Å²) < 4.78 is 23.8. The van der Waals surface area contributed by atoms with Crippen molar-refractivity contribution in [2.75, 3.05) is 59.0 Å². The number of aromatic amines is 1. The molecule has 1 amide bonds. The first-order chi connectivity index (χ1) is 29.6. The molecule has 1 aromatic heterocycles. The number of esters is 3. The van der Waals surface area contributed by atoms with Gasteiger partial charge < -0.3 is 39.0 Å². The number of nitrogens with zero attached hydrogens (tertiary/aromatic N) is 3. The van der Waals surface area contributed by atoms with Gasteiger partial charge in [-0.2, -0.15) is 0 Å². The first-order valence-corrected chi connectivity index (χ1v) is 22.1. The molecule has 62 heavy (non-hydrogen) atoms. The molecule has 1 spiro atoms.